The van der Waals surface area contributed by atoms with E-state index in [2.05, 4.69) is 14.9 Å². The van der Waals surface area contributed by atoms with E-state index >= 15 is 0 Å². The molecule has 246 valence electrons. The standard InChI is InChI=1S/C32H37ClF6N4OS/c1-4-42(19-22-7-5-6-8-22)29-16-27(33)10-9-23(29)20-43(30-40-17-28(18-41-30)44-11-12-45-3)21(2)24-13-25(31(34,35)36)15-26(14-24)32(37,38)39/h9-10,13-18,21-22H,4-8,11-12,19-20H2,1-3H3. The normalized spacial score (nSPS) is 14.9. The lowest BCUT2D eigenvalue weighted by Crippen LogP contribution is -2.32. The average molecular weight is 675 g/mol. The zero-order valence-corrected chi connectivity index (χ0v) is 27.0. The molecule has 4 rings (SSSR count). The molecule has 0 N–H and O–H groups in total. The number of anilines is 2. The monoisotopic (exact) mass is 674 g/mol. The van der Waals surface area contributed by atoms with Gasteiger partial charge in [0.25, 0.3) is 0 Å². The number of hydrogen-bond acceptors (Lipinski definition) is 6. The molecule has 3 aromatic rings. The molecule has 45 heavy (non-hydrogen) atoms. The maximum absolute atomic E-state index is 13.8. The van der Waals surface area contributed by atoms with E-state index in [1.165, 1.54) is 25.2 Å². The fourth-order valence-corrected chi connectivity index (χ4v) is 6.02. The number of halogens is 7. The Labute approximate surface area is 269 Å². The molecule has 0 amide bonds. The third-order valence-corrected chi connectivity index (χ3v) is 8.86. The van der Waals surface area contributed by atoms with Crippen LogP contribution in [0.1, 0.15) is 67.8 Å². The van der Waals surface area contributed by atoms with Crippen molar-refractivity contribution in [2.75, 3.05) is 41.5 Å². The molecular weight excluding hydrogens is 638 g/mol. The first-order valence-corrected chi connectivity index (χ1v) is 16.6. The van der Waals surface area contributed by atoms with Crippen molar-refractivity contribution in [2.24, 2.45) is 5.92 Å². The van der Waals surface area contributed by atoms with Gasteiger partial charge in [0.05, 0.1) is 36.2 Å². The molecule has 1 saturated carbocycles. The minimum Gasteiger partial charge on any atom is -0.489 e. The van der Waals surface area contributed by atoms with Crippen LogP contribution in [-0.2, 0) is 18.9 Å². The van der Waals surface area contributed by atoms with Crippen molar-refractivity contribution >= 4 is 35.0 Å². The van der Waals surface area contributed by atoms with E-state index in [0.717, 1.165) is 48.5 Å². The lowest BCUT2D eigenvalue weighted by Gasteiger charge is -2.34. The van der Waals surface area contributed by atoms with Gasteiger partial charge in [-0.05, 0) is 80.3 Å². The first-order valence-electron chi connectivity index (χ1n) is 14.8. The summed E-state index contributed by atoms with van der Waals surface area (Å²) in [5.41, 5.74) is -1.28. The Morgan fingerprint density at radius 2 is 1.60 bits per heavy atom. The fraction of sp³-hybridized carbons (Fsp3) is 0.500. The molecule has 0 radical (unpaired) electrons. The van der Waals surface area contributed by atoms with Crippen molar-refractivity contribution < 1.29 is 31.1 Å². The van der Waals surface area contributed by atoms with Gasteiger partial charge < -0.3 is 14.5 Å². The van der Waals surface area contributed by atoms with Gasteiger partial charge >= 0.3 is 12.4 Å². The lowest BCUT2D eigenvalue weighted by atomic mass is 9.98. The van der Waals surface area contributed by atoms with Gasteiger partial charge in [-0.1, -0.05) is 30.5 Å². The van der Waals surface area contributed by atoms with Gasteiger partial charge in [-0.25, -0.2) is 9.97 Å². The van der Waals surface area contributed by atoms with E-state index < -0.39 is 29.5 Å². The molecule has 1 unspecified atom stereocenters. The Bertz CT molecular complexity index is 1370. The van der Waals surface area contributed by atoms with E-state index in [1.807, 2.05) is 25.3 Å². The SMILES string of the molecule is CCN(CC1CCCC1)c1cc(Cl)ccc1CN(c1ncc(OCCSC)cn1)C(C)c1cc(C(F)(F)F)cc(C(F)(F)F)c1. The van der Waals surface area contributed by atoms with Gasteiger partial charge in [-0.15, -0.1) is 0 Å². The van der Waals surface area contributed by atoms with Crippen molar-refractivity contribution in [2.45, 2.75) is 64.5 Å². The third kappa shape index (κ3) is 9.34. The topological polar surface area (TPSA) is 41.5 Å². The zero-order chi connectivity index (χ0) is 32.8. The van der Waals surface area contributed by atoms with Crippen LogP contribution in [0.2, 0.25) is 5.02 Å². The molecule has 1 fully saturated rings. The molecule has 5 nitrogen and oxygen atoms in total. The maximum Gasteiger partial charge on any atom is 0.416 e. The van der Waals surface area contributed by atoms with Gasteiger partial charge in [0, 0.05) is 36.1 Å². The molecule has 1 aromatic heterocycles. The summed E-state index contributed by atoms with van der Waals surface area (Å²) in [6.07, 6.45) is -0.470. The Morgan fingerprint density at radius 1 is 0.978 bits per heavy atom. The Balaban J connectivity index is 1.78. The summed E-state index contributed by atoms with van der Waals surface area (Å²) in [5, 5.41) is 0.522. The Kier molecular flexibility index (Phi) is 11.8. The van der Waals surface area contributed by atoms with Crippen molar-refractivity contribution in [1.29, 1.82) is 0 Å². The van der Waals surface area contributed by atoms with E-state index in [0.29, 0.717) is 29.8 Å². The number of benzene rings is 2. The zero-order valence-electron chi connectivity index (χ0n) is 25.4. The predicted molar refractivity (Wildman–Crippen MR) is 168 cm³/mol. The van der Waals surface area contributed by atoms with Crippen molar-refractivity contribution in [1.82, 2.24) is 9.97 Å². The summed E-state index contributed by atoms with van der Waals surface area (Å²) in [6.45, 7) is 5.63. The quantitative estimate of drug-likeness (QED) is 0.133. The van der Waals surface area contributed by atoms with Crippen molar-refractivity contribution in [3.8, 4) is 5.75 Å². The second-order valence-electron chi connectivity index (χ2n) is 11.2. The number of thioether (sulfide) groups is 1. The van der Waals surface area contributed by atoms with Gasteiger partial charge in [0.15, 0.2) is 5.75 Å². The number of alkyl halides is 6. The Hall–Kier alpha value is -2.86. The summed E-state index contributed by atoms with van der Waals surface area (Å²) in [4.78, 5) is 12.7. The summed E-state index contributed by atoms with van der Waals surface area (Å²) in [6, 6.07) is 6.09. The highest BCUT2D eigenvalue weighted by Crippen LogP contribution is 2.40. The van der Waals surface area contributed by atoms with Crippen LogP contribution >= 0.6 is 23.4 Å². The van der Waals surface area contributed by atoms with Gasteiger partial charge in [-0.2, -0.15) is 38.1 Å². The van der Waals surface area contributed by atoms with Gasteiger partial charge in [0.2, 0.25) is 5.95 Å². The highest BCUT2D eigenvalue weighted by atomic mass is 35.5. The van der Waals surface area contributed by atoms with Gasteiger partial charge in [0.1, 0.15) is 0 Å². The number of nitrogens with zero attached hydrogens (tertiary/aromatic N) is 4. The van der Waals surface area contributed by atoms with Crippen LogP contribution in [0.5, 0.6) is 5.75 Å². The Morgan fingerprint density at radius 3 is 2.16 bits per heavy atom. The molecule has 1 heterocycles. The van der Waals surface area contributed by atoms with Crippen LogP contribution in [0.15, 0.2) is 48.8 Å². The molecule has 1 atom stereocenters. The molecule has 0 saturated heterocycles. The summed E-state index contributed by atoms with van der Waals surface area (Å²) < 4.78 is 88.4. The number of hydrogen-bond donors (Lipinski definition) is 0. The molecule has 1 aliphatic rings. The van der Waals surface area contributed by atoms with E-state index in [4.69, 9.17) is 16.3 Å². The van der Waals surface area contributed by atoms with E-state index in [9.17, 15) is 26.3 Å². The second kappa shape index (κ2) is 15.2. The minimum absolute atomic E-state index is 0.0963. The maximum atomic E-state index is 13.8. The van der Waals surface area contributed by atoms with E-state index in [-0.39, 0.29) is 24.1 Å². The molecule has 0 aliphatic heterocycles. The predicted octanol–water partition coefficient (Wildman–Crippen LogP) is 9.69. The third-order valence-electron chi connectivity index (χ3n) is 8.05. The molecule has 13 heteroatoms. The van der Waals surface area contributed by atoms with E-state index in [1.54, 1.807) is 29.7 Å². The second-order valence-corrected chi connectivity index (χ2v) is 12.6. The number of aromatic nitrogens is 2. The summed E-state index contributed by atoms with van der Waals surface area (Å²) in [7, 11) is 0. The number of ether oxygens (including phenoxy) is 1. The summed E-state index contributed by atoms with van der Waals surface area (Å²) >= 11 is 8.05. The smallest absolute Gasteiger partial charge is 0.416 e. The van der Waals surface area contributed by atoms with Crippen LogP contribution in [-0.4, -0.2) is 41.7 Å². The van der Waals surface area contributed by atoms with Crippen LogP contribution < -0.4 is 14.5 Å². The van der Waals surface area contributed by atoms with Crippen molar-refractivity contribution in [3.63, 3.8) is 0 Å². The minimum atomic E-state index is -4.97. The largest absolute Gasteiger partial charge is 0.489 e. The number of rotatable bonds is 13. The summed E-state index contributed by atoms with van der Waals surface area (Å²) in [5.74, 6) is 1.81. The van der Waals surface area contributed by atoms with Crippen LogP contribution in [0, 0.1) is 5.92 Å². The average Bonchev–Trinajstić information content (AvgIpc) is 3.52. The molecule has 2 aromatic carbocycles. The molecule has 0 spiro atoms. The highest BCUT2D eigenvalue weighted by Gasteiger charge is 2.38. The van der Waals surface area contributed by atoms with Crippen LogP contribution in [0.25, 0.3) is 0 Å². The van der Waals surface area contributed by atoms with Crippen molar-refractivity contribution in [3.05, 3.63) is 76.1 Å². The fourth-order valence-electron chi connectivity index (χ4n) is 5.61. The molecule has 1 aliphatic carbocycles. The lowest BCUT2D eigenvalue weighted by molar-refractivity contribution is -0.143. The molecular formula is C32H37ClF6N4OS. The first-order chi connectivity index (χ1) is 21.3. The molecule has 0 bridgehead atoms. The van der Waals surface area contributed by atoms with Gasteiger partial charge in [-0.3, -0.25) is 0 Å². The van der Waals surface area contributed by atoms with Crippen LogP contribution in [0.3, 0.4) is 0 Å². The first kappa shape index (κ1) is 35.0. The van der Waals surface area contributed by atoms with Crippen LogP contribution in [0.4, 0.5) is 38.0 Å². The highest BCUT2D eigenvalue weighted by molar-refractivity contribution is 7.98.